The second kappa shape index (κ2) is 7.72. The van der Waals surface area contributed by atoms with E-state index in [4.69, 9.17) is 11.6 Å². The van der Waals surface area contributed by atoms with Crippen molar-refractivity contribution in [2.45, 2.75) is 26.7 Å². The van der Waals surface area contributed by atoms with E-state index in [1.54, 1.807) is 6.92 Å². The van der Waals surface area contributed by atoms with Gasteiger partial charge in [0.15, 0.2) is 0 Å². The molecule has 1 atom stereocenters. The first kappa shape index (κ1) is 16.2. The van der Waals surface area contributed by atoms with Crippen LogP contribution < -0.4 is 0 Å². The molecule has 1 unspecified atom stereocenters. The average Bonchev–Trinajstić information content (AvgIpc) is 2.47. The van der Waals surface area contributed by atoms with Gasteiger partial charge >= 0.3 is 0 Å². The third-order valence-corrected chi connectivity index (χ3v) is 3.31. The highest BCUT2D eigenvalue weighted by Gasteiger charge is 2.06. The fraction of sp³-hybridized carbons (Fsp3) is 0.278. The number of Topliss-reactive ketones (excluding diaryl/α,β-unsaturated/α-hetero) is 1. The SMILES string of the molecule is CC(=O)CC(C)Cc1ccc(C#Cc2ncc(Cl)cn2)cc1. The maximum absolute atomic E-state index is 11.1. The molecule has 0 N–H and O–H groups in total. The van der Waals surface area contributed by atoms with Gasteiger partial charge in [0, 0.05) is 12.0 Å². The molecule has 0 bridgehead atoms. The Morgan fingerprint density at radius 3 is 2.41 bits per heavy atom. The summed E-state index contributed by atoms with van der Waals surface area (Å²) in [4.78, 5) is 19.2. The maximum atomic E-state index is 11.1. The van der Waals surface area contributed by atoms with E-state index in [0.717, 1.165) is 12.0 Å². The molecule has 1 aromatic heterocycles. The number of ketones is 1. The van der Waals surface area contributed by atoms with Gasteiger partial charge in [0.25, 0.3) is 0 Å². The minimum atomic E-state index is 0.234. The summed E-state index contributed by atoms with van der Waals surface area (Å²) in [6.07, 6.45) is 4.57. The van der Waals surface area contributed by atoms with Crippen LogP contribution in [0.1, 0.15) is 37.2 Å². The number of rotatable bonds is 4. The third kappa shape index (κ3) is 5.31. The molecule has 1 aromatic carbocycles. The highest BCUT2D eigenvalue weighted by atomic mass is 35.5. The molecule has 0 radical (unpaired) electrons. The van der Waals surface area contributed by atoms with Crippen LogP contribution in [0.4, 0.5) is 0 Å². The molecule has 0 saturated heterocycles. The summed E-state index contributed by atoms with van der Waals surface area (Å²) in [5.41, 5.74) is 2.11. The Balaban J connectivity index is 2.00. The minimum absolute atomic E-state index is 0.234. The van der Waals surface area contributed by atoms with Crippen LogP contribution in [0.15, 0.2) is 36.7 Å². The van der Waals surface area contributed by atoms with Crippen molar-refractivity contribution in [3.63, 3.8) is 0 Å². The molecule has 22 heavy (non-hydrogen) atoms. The van der Waals surface area contributed by atoms with Gasteiger partial charge in [0.2, 0.25) is 5.82 Å². The topological polar surface area (TPSA) is 42.9 Å². The van der Waals surface area contributed by atoms with Crippen LogP contribution in [0, 0.1) is 17.8 Å². The largest absolute Gasteiger partial charge is 0.300 e. The summed E-state index contributed by atoms with van der Waals surface area (Å²) in [6, 6.07) is 8.03. The van der Waals surface area contributed by atoms with Gasteiger partial charge < -0.3 is 4.79 Å². The van der Waals surface area contributed by atoms with E-state index >= 15 is 0 Å². The highest BCUT2D eigenvalue weighted by Crippen LogP contribution is 2.13. The Morgan fingerprint density at radius 1 is 1.18 bits per heavy atom. The standard InChI is InChI=1S/C18H17ClN2O/c1-13(9-14(2)22)10-16-5-3-15(4-6-16)7-8-18-20-11-17(19)12-21-18/h3-6,11-13H,9-10H2,1-2H3. The zero-order chi connectivity index (χ0) is 15.9. The van der Waals surface area contributed by atoms with Gasteiger partial charge in [-0.15, -0.1) is 0 Å². The highest BCUT2D eigenvalue weighted by molar-refractivity contribution is 6.30. The maximum Gasteiger partial charge on any atom is 0.205 e. The number of carbonyl (C=O) groups is 1. The van der Waals surface area contributed by atoms with Crippen LogP contribution in [0.2, 0.25) is 5.02 Å². The lowest BCUT2D eigenvalue weighted by Gasteiger charge is -2.09. The van der Waals surface area contributed by atoms with Gasteiger partial charge in [-0.25, -0.2) is 9.97 Å². The Kier molecular flexibility index (Phi) is 5.68. The molecule has 0 aliphatic rings. The lowest BCUT2D eigenvalue weighted by Crippen LogP contribution is -2.04. The van der Waals surface area contributed by atoms with Crippen LogP contribution in [-0.2, 0) is 11.2 Å². The van der Waals surface area contributed by atoms with Crippen molar-refractivity contribution in [3.8, 4) is 11.8 Å². The van der Waals surface area contributed by atoms with Crippen LogP contribution in [0.3, 0.4) is 0 Å². The van der Waals surface area contributed by atoms with Gasteiger partial charge in [-0.3, -0.25) is 0 Å². The number of nitrogens with zero attached hydrogens (tertiary/aromatic N) is 2. The van der Waals surface area contributed by atoms with Gasteiger partial charge in [0.1, 0.15) is 5.78 Å². The molecule has 4 heteroatoms. The van der Waals surface area contributed by atoms with Crippen molar-refractivity contribution >= 4 is 17.4 Å². The molecule has 0 amide bonds. The number of benzene rings is 1. The second-order valence-electron chi connectivity index (χ2n) is 5.39. The molecule has 2 rings (SSSR count). The predicted octanol–water partition coefficient (Wildman–Crippen LogP) is 3.69. The summed E-state index contributed by atoms with van der Waals surface area (Å²) in [5.74, 6) is 6.96. The molecule has 1 heterocycles. The summed E-state index contributed by atoms with van der Waals surface area (Å²) in [5, 5.41) is 0.495. The second-order valence-corrected chi connectivity index (χ2v) is 5.82. The molecule has 2 aromatic rings. The Morgan fingerprint density at radius 2 is 1.82 bits per heavy atom. The molecule has 0 saturated carbocycles. The number of hydrogen-bond donors (Lipinski definition) is 0. The Labute approximate surface area is 135 Å². The van der Waals surface area contributed by atoms with E-state index in [0.29, 0.717) is 23.2 Å². The molecule has 3 nitrogen and oxygen atoms in total. The normalized spacial score (nSPS) is 11.4. The van der Waals surface area contributed by atoms with E-state index in [1.165, 1.54) is 18.0 Å². The number of hydrogen-bond acceptors (Lipinski definition) is 3. The van der Waals surface area contributed by atoms with Gasteiger partial charge in [-0.2, -0.15) is 0 Å². The lowest BCUT2D eigenvalue weighted by molar-refractivity contribution is -0.117. The monoisotopic (exact) mass is 312 g/mol. The van der Waals surface area contributed by atoms with Crippen molar-refractivity contribution in [1.29, 1.82) is 0 Å². The van der Waals surface area contributed by atoms with E-state index in [2.05, 4.69) is 28.7 Å². The van der Waals surface area contributed by atoms with Crippen LogP contribution in [0.5, 0.6) is 0 Å². The fourth-order valence-corrected chi connectivity index (χ4v) is 2.29. The van der Waals surface area contributed by atoms with Crippen molar-refractivity contribution < 1.29 is 4.79 Å². The quantitative estimate of drug-likeness (QED) is 0.809. The zero-order valence-corrected chi connectivity index (χ0v) is 13.4. The Bertz CT molecular complexity index is 697. The molecular weight excluding hydrogens is 296 g/mol. The molecule has 112 valence electrons. The van der Waals surface area contributed by atoms with Crippen LogP contribution >= 0.6 is 11.6 Å². The number of carbonyl (C=O) groups excluding carboxylic acids is 1. The van der Waals surface area contributed by atoms with Crippen molar-refractivity contribution in [3.05, 3.63) is 58.6 Å². The average molecular weight is 313 g/mol. The number of halogens is 1. The zero-order valence-electron chi connectivity index (χ0n) is 12.6. The van der Waals surface area contributed by atoms with E-state index < -0.39 is 0 Å². The van der Waals surface area contributed by atoms with Crippen molar-refractivity contribution in [2.75, 3.05) is 0 Å². The molecular formula is C18H17ClN2O. The smallest absolute Gasteiger partial charge is 0.205 e. The summed E-state index contributed by atoms with van der Waals surface area (Å²) in [7, 11) is 0. The summed E-state index contributed by atoms with van der Waals surface area (Å²) < 4.78 is 0. The summed E-state index contributed by atoms with van der Waals surface area (Å²) >= 11 is 5.72. The molecule has 0 aliphatic carbocycles. The third-order valence-electron chi connectivity index (χ3n) is 3.11. The fourth-order valence-electron chi connectivity index (χ4n) is 2.19. The first-order valence-electron chi connectivity index (χ1n) is 7.11. The van der Waals surface area contributed by atoms with Crippen LogP contribution in [0.25, 0.3) is 0 Å². The van der Waals surface area contributed by atoms with Gasteiger partial charge in [-0.05, 0) is 42.9 Å². The first-order valence-corrected chi connectivity index (χ1v) is 7.48. The molecule has 0 spiro atoms. The van der Waals surface area contributed by atoms with Gasteiger partial charge in [-0.1, -0.05) is 36.6 Å². The first-order chi connectivity index (χ1) is 10.5. The Hall–Kier alpha value is -2.18. The van der Waals surface area contributed by atoms with E-state index in [-0.39, 0.29) is 5.78 Å². The van der Waals surface area contributed by atoms with Crippen molar-refractivity contribution in [2.24, 2.45) is 5.92 Å². The minimum Gasteiger partial charge on any atom is -0.300 e. The van der Waals surface area contributed by atoms with Crippen molar-refractivity contribution in [1.82, 2.24) is 9.97 Å². The van der Waals surface area contributed by atoms with E-state index in [1.807, 2.05) is 24.3 Å². The van der Waals surface area contributed by atoms with Gasteiger partial charge in [0.05, 0.1) is 17.4 Å². The van der Waals surface area contributed by atoms with E-state index in [9.17, 15) is 4.79 Å². The number of aromatic nitrogens is 2. The summed E-state index contributed by atoms with van der Waals surface area (Å²) in [6.45, 7) is 3.72. The lowest BCUT2D eigenvalue weighted by atomic mass is 9.96. The molecule has 0 fully saturated rings. The predicted molar refractivity (Wildman–Crippen MR) is 87.6 cm³/mol. The van der Waals surface area contributed by atoms with Crippen LogP contribution in [-0.4, -0.2) is 15.8 Å². The molecule has 0 aliphatic heterocycles.